The van der Waals surface area contributed by atoms with Crippen LogP contribution in [0.25, 0.3) is 0 Å². The van der Waals surface area contributed by atoms with Crippen LogP contribution in [0.4, 0.5) is 0 Å². The summed E-state index contributed by atoms with van der Waals surface area (Å²) in [5, 5.41) is 6.32. The fourth-order valence-corrected chi connectivity index (χ4v) is 4.63. The number of guanidine groups is 1. The molecule has 1 fully saturated rings. The van der Waals surface area contributed by atoms with Gasteiger partial charge in [-0.2, -0.15) is 0 Å². The van der Waals surface area contributed by atoms with Crippen LogP contribution in [0.2, 0.25) is 0 Å². The van der Waals surface area contributed by atoms with Crippen molar-refractivity contribution in [3.05, 3.63) is 52.0 Å². The van der Waals surface area contributed by atoms with Crippen molar-refractivity contribution in [3.63, 3.8) is 0 Å². The van der Waals surface area contributed by atoms with Crippen LogP contribution in [0.5, 0.6) is 0 Å². The first-order chi connectivity index (χ1) is 14.6. The van der Waals surface area contributed by atoms with Gasteiger partial charge >= 0.3 is 0 Å². The Bertz CT molecular complexity index is 836. The van der Waals surface area contributed by atoms with E-state index >= 15 is 0 Å². The highest BCUT2D eigenvalue weighted by Crippen LogP contribution is 2.25. The summed E-state index contributed by atoms with van der Waals surface area (Å²) >= 11 is 1.37. The van der Waals surface area contributed by atoms with Gasteiger partial charge in [-0.15, -0.1) is 35.3 Å². The van der Waals surface area contributed by atoms with Gasteiger partial charge < -0.3 is 15.5 Å². The highest BCUT2D eigenvalue weighted by molar-refractivity contribution is 14.0. The Hall–Kier alpha value is -1.72. The zero-order valence-electron chi connectivity index (χ0n) is 18.5. The summed E-state index contributed by atoms with van der Waals surface area (Å²) in [5.41, 5.74) is 3.87. The number of aliphatic imine (C=N–C) groups is 1. The molecule has 2 heterocycles. The number of carbonyl (C=O) groups is 1. The smallest absolute Gasteiger partial charge is 0.263 e. The van der Waals surface area contributed by atoms with Crippen molar-refractivity contribution in [2.75, 3.05) is 46.3 Å². The second-order valence-corrected chi connectivity index (χ2v) is 8.21. The number of thiazole rings is 1. The summed E-state index contributed by atoms with van der Waals surface area (Å²) in [7, 11) is 1.81. The minimum Gasteiger partial charge on any atom is -0.354 e. The van der Waals surface area contributed by atoms with Crippen molar-refractivity contribution in [3.8, 4) is 0 Å². The van der Waals surface area contributed by atoms with E-state index < -0.39 is 0 Å². The first kappa shape index (κ1) is 25.5. The zero-order valence-corrected chi connectivity index (χ0v) is 21.7. The van der Waals surface area contributed by atoms with Crippen LogP contribution in [-0.2, 0) is 0 Å². The minimum atomic E-state index is -0.0630. The van der Waals surface area contributed by atoms with E-state index in [0.717, 1.165) is 44.3 Å². The number of hydrogen-bond acceptors (Lipinski definition) is 5. The summed E-state index contributed by atoms with van der Waals surface area (Å²) in [5.74, 6) is 0.831. The largest absolute Gasteiger partial charge is 0.354 e. The maximum absolute atomic E-state index is 12.2. The van der Waals surface area contributed by atoms with E-state index in [4.69, 9.17) is 0 Å². The summed E-state index contributed by atoms with van der Waals surface area (Å²) in [6, 6.07) is 11.2. The fourth-order valence-electron chi connectivity index (χ4n) is 3.91. The van der Waals surface area contributed by atoms with Gasteiger partial charge in [-0.1, -0.05) is 37.3 Å². The Balaban J connectivity index is 0.00000341. The normalized spacial score (nSPS) is 15.8. The lowest BCUT2D eigenvalue weighted by atomic mass is 10.0. The third-order valence-corrected chi connectivity index (χ3v) is 6.41. The Kier molecular flexibility index (Phi) is 10.7. The topological polar surface area (TPSA) is 72.9 Å². The third-order valence-electron chi connectivity index (χ3n) is 5.48. The van der Waals surface area contributed by atoms with Crippen LogP contribution in [-0.4, -0.2) is 73.0 Å². The van der Waals surface area contributed by atoms with Crippen LogP contribution in [0, 0.1) is 6.92 Å². The first-order valence-electron chi connectivity index (χ1n) is 10.6. The summed E-state index contributed by atoms with van der Waals surface area (Å²) in [6.45, 7) is 9.19. The van der Waals surface area contributed by atoms with E-state index in [-0.39, 0.29) is 29.9 Å². The molecule has 0 saturated carbocycles. The number of piperazine rings is 1. The predicted molar refractivity (Wildman–Crippen MR) is 139 cm³/mol. The second kappa shape index (κ2) is 13.0. The van der Waals surface area contributed by atoms with Crippen molar-refractivity contribution in [2.24, 2.45) is 4.99 Å². The fraction of sp³-hybridized carbons (Fsp3) is 0.500. The molecule has 0 aliphatic carbocycles. The number of nitrogens with one attached hydrogen (secondary N) is 2. The van der Waals surface area contributed by atoms with Crippen molar-refractivity contribution in [1.82, 2.24) is 25.4 Å². The van der Waals surface area contributed by atoms with Crippen molar-refractivity contribution >= 4 is 47.2 Å². The van der Waals surface area contributed by atoms with Gasteiger partial charge in [0.1, 0.15) is 4.88 Å². The molecule has 170 valence electrons. The molecule has 1 atom stereocenters. The van der Waals surface area contributed by atoms with E-state index in [1.807, 2.05) is 14.0 Å². The van der Waals surface area contributed by atoms with Crippen molar-refractivity contribution in [2.45, 2.75) is 26.3 Å². The zero-order chi connectivity index (χ0) is 21.3. The minimum absolute atomic E-state index is 0. The molecule has 1 aromatic heterocycles. The van der Waals surface area contributed by atoms with Crippen LogP contribution < -0.4 is 10.6 Å². The molecule has 7 nitrogen and oxygen atoms in total. The average molecular weight is 557 g/mol. The van der Waals surface area contributed by atoms with Gasteiger partial charge in [0.25, 0.3) is 5.91 Å². The number of benzene rings is 1. The number of aromatic nitrogens is 1. The number of hydrogen-bond donors (Lipinski definition) is 2. The molecule has 0 bridgehead atoms. The van der Waals surface area contributed by atoms with Crippen molar-refractivity contribution < 1.29 is 4.79 Å². The predicted octanol–water partition coefficient (Wildman–Crippen LogP) is 3.14. The summed E-state index contributed by atoms with van der Waals surface area (Å²) in [6.07, 6.45) is 1.11. The van der Waals surface area contributed by atoms with Gasteiger partial charge in [0, 0.05) is 52.4 Å². The molecule has 2 aromatic rings. The van der Waals surface area contributed by atoms with E-state index in [9.17, 15) is 4.79 Å². The quantitative estimate of drug-likeness (QED) is 0.237. The third kappa shape index (κ3) is 6.88. The van der Waals surface area contributed by atoms with Gasteiger partial charge in [-0.3, -0.25) is 14.7 Å². The number of amides is 1. The van der Waals surface area contributed by atoms with Crippen LogP contribution in [0.1, 0.15) is 40.3 Å². The molecule has 0 spiro atoms. The lowest BCUT2D eigenvalue weighted by Gasteiger charge is -2.40. The Morgan fingerprint density at radius 2 is 1.84 bits per heavy atom. The van der Waals surface area contributed by atoms with Crippen LogP contribution in [0.3, 0.4) is 0 Å². The molecule has 3 rings (SSSR count). The highest BCUT2D eigenvalue weighted by Gasteiger charge is 2.25. The molecule has 31 heavy (non-hydrogen) atoms. The summed E-state index contributed by atoms with van der Waals surface area (Å²) < 4.78 is 0. The molecular formula is C22H33IN6OS. The van der Waals surface area contributed by atoms with Crippen LogP contribution >= 0.6 is 35.3 Å². The first-order valence-corrected chi connectivity index (χ1v) is 11.4. The van der Waals surface area contributed by atoms with Crippen LogP contribution in [0.15, 0.2) is 40.8 Å². The molecule has 1 aromatic carbocycles. The maximum Gasteiger partial charge on any atom is 0.263 e. The molecule has 1 unspecified atom stereocenters. The SMILES string of the molecule is CCC(c1ccccc1)N1CCN(C(=NC)NCCNC(=O)c2scnc2C)CC1.I. The summed E-state index contributed by atoms with van der Waals surface area (Å²) in [4.78, 5) is 26.3. The lowest BCUT2D eigenvalue weighted by Crippen LogP contribution is -2.53. The molecule has 1 amide bonds. The van der Waals surface area contributed by atoms with Crippen molar-refractivity contribution in [1.29, 1.82) is 0 Å². The molecule has 0 radical (unpaired) electrons. The van der Waals surface area contributed by atoms with Gasteiger partial charge in [0.2, 0.25) is 0 Å². The van der Waals surface area contributed by atoms with E-state index in [2.05, 4.69) is 67.7 Å². The molecule has 1 saturated heterocycles. The van der Waals surface area contributed by atoms with E-state index in [1.165, 1.54) is 16.9 Å². The number of nitrogens with zero attached hydrogens (tertiary/aromatic N) is 4. The van der Waals surface area contributed by atoms with E-state index in [0.29, 0.717) is 24.0 Å². The molecule has 1 aliphatic heterocycles. The lowest BCUT2D eigenvalue weighted by molar-refractivity contribution is 0.0957. The molecule has 1 aliphatic rings. The molecular weight excluding hydrogens is 523 g/mol. The number of rotatable bonds is 7. The number of carbonyl (C=O) groups excluding carboxylic acids is 1. The Morgan fingerprint density at radius 1 is 1.16 bits per heavy atom. The number of halogens is 1. The van der Waals surface area contributed by atoms with Gasteiger partial charge in [0.15, 0.2) is 5.96 Å². The molecule has 9 heteroatoms. The monoisotopic (exact) mass is 556 g/mol. The van der Waals surface area contributed by atoms with Gasteiger partial charge in [0.05, 0.1) is 11.2 Å². The van der Waals surface area contributed by atoms with E-state index in [1.54, 1.807) is 5.51 Å². The number of aryl methyl sites for hydroxylation is 1. The standard InChI is InChI=1S/C22H32N6OS.HI/c1-4-19(18-8-6-5-7-9-18)27-12-14-28(15-13-27)22(23-3)25-11-10-24-21(29)20-17(2)26-16-30-20;/h5-9,16,19H,4,10-15H2,1-3H3,(H,23,25)(H,24,29);1H. The Labute approximate surface area is 206 Å². The average Bonchev–Trinajstić information content (AvgIpc) is 3.21. The van der Waals surface area contributed by atoms with Gasteiger partial charge in [-0.25, -0.2) is 4.98 Å². The van der Waals surface area contributed by atoms with Gasteiger partial charge in [-0.05, 0) is 18.9 Å². The molecule has 2 N–H and O–H groups in total. The Morgan fingerprint density at radius 3 is 2.42 bits per heavy atom. The maximum atomic E-state index is 12.2. The highest BCUT2D eigenvalue weighted by atomic mass is 127. The second-order valence-electron chi connectivity index (χ2n) is 7.35.